The van der Waals surface area contributed by atoms with Crippen LogP contribution in [-0.4, -0.2) is 33.4 Å². The molecule has 0 aromatic carbocycles. The number of likely N-dealkylation sites (tertiary alicyclic amines) is 1. The van der Waals surface area contributed by atoms with Crippen molar-refractivity contribution in [3.8, 4) is 0 Å². The molecule has 1 aliphatic heterocycles. The first-order chi connectivity index (χ1) is 12.1. The first-order valence-corrected chi connectivity index (χ1v) is 8.55. The minimum absolute atomic E-state index is 0.0834. The van der Waals surface area contributed by atoms with Crippen LogP contribution < -0.4 is 5.32 Å². The Morgan fingerprint density at radius 3 is 2.92 bits per heavy atom. The van der Waals surface area contributed by atoms with Gasteiger partial charge in [0.15, 0.2) is 0 Å². The summed E-state index contributed by atoms with van der Waals surface area (Å²) in [5.74, 6) is 0.0313. The Balaban J connectivity index is 1.78. The van der Waals surface area contributed by atoms with Crippen molar-refractivity contribution >= 4 is 11.8 Å². The highest BCUT2D eigenvalue weighted by atomic mass is 16.5. The van der Waals surface area contributed by atoms with Crippen LogP contribution in [0.4, 0.5) is 0 Å². The summed E-state index contributed by atoms with van der Waals surface area (Å²) >= 11 is 0. The summed E-state index contributed by atoms with van der Waals surface area (Å²) in [6, 6.07) is 7.32. The summed E-state index contributed by atoms with van der Waals surface area (Å²) in [6.45, 7) is 4.49. The Morgan fingerprint density at radius 2 is 2.20 bits per heavy atom. The third kappa shape index (κ3) is 3.87. The van der Waals surface area contributed by atoms with Crippen molar-refractivity contribution in [2.24, 2.45) is 0 Å². The average Bonchev–Trinajstić information content (AvgIpc) is 3.28. The van der Waals surface area contributed by atoms with Gasteiger partial charge in [-0.2, -0.15) is 0 Å². The number of nitrogens with one attached hydrogen (secondary N) is 1. The minimum Gasteiger partial charge on any atom is -0.351 e. The van der Waals surface area contributed by atoms with E-state index < -0.39 is 0 Å². The highest BCUT2D eigenvalue weighted by molar-refractivity contribution is 5.92. The van der Waals surface area contributed by atoms with Crippen molar-refractivity contribution < 1.29 is 14.1 Å². The maximum atomic E-state index is 12.8. The Hall–Kier alpha value is -2.70. The first kappa shape index (κ1) is 17.1. The van der Waals surface area contributed by atoms with Crippen LogP contribution in [0.3, 0.4) is 0 Å². The molecule has 1 unspecified atom stereocenters. The van der Waals surface area contributed by atoms with E-state index in [1.165, 1.54) is 6.92 Å². The lowest BCUT2D eigenvalue weighted by molar-refractivity contribution is -0.119. The van der Waals surface area contributed by atoms with E-state index in [-0.39, 0.29) is 23.6 Å². The second kappa shape index (κ2) is 7.46. The third-order valence-electron chi connectivity index (χ3n) is 4.33. The van der Waals surface area contributed by atoms with Crippen LogP contribution in [-0.2, 0) is 17.8 Å². The topological polar surface area (TPSA) is 88.3 Å². The van der Waals surface area contributed by atoms with Crippen LogP contribution in [0.2, 0.25) is 0 Å². The number of rotatable bonds is 5. The molecular formula is C18H22N4O3. The quantitative estimate of drug-likeness (QED) is 0.900. The van der Waals surface area contributed by atoms with Crippen molar-refractivity contribution in [2.45, 2.75) is 45.7 Å². The Bertz CT molecular complexity index is 771. The number of carbonyl (C=O) groups excluding carboxylic acids is 2. The molecule has 2 amide bonds. The normalized spacial score (nSPS) is 16.9. The molecule has 1 atom stereocenters. The Labute approximate surface area is 146 Å². The molecule has 25 heavy (non-hydrogen) atoms. The molecule has 0 spiro atoms. The van der Waals surface area contributed by atoms with Gasteiger partial charge >= 0.3 is 0 Å². The largest absolute Gasteiger partial charge is 0.351 e. The van der Waals surface area contributed by atoms with E-state index in [4.69, 9.17) is 4.52 Å². The molecular weight excluding hydrogens is 320 g/mol. The maximum Gasteiger partial charge on any atom is 0.293 e. The molecule has 0 bridgehead atoms. The molecule has 132 valence electrons. The van der Waals surface area contributed by atoms with Crippen LogP contribution in [0.5, 0.6) is 0 Å². The molecule has 7 heteroatoms. The summed E-state index contributed by atoms with van der Waals surface area (Å²) in [7, 11) is 0. The lowest BCUT2D eigenvalue weighted by Crippen LogP contribution is -2.31. The monoisotopic (exact) mass is 342 g/mol. The van der Waals surface area contributed by atoms with E-state index in [1.807, 2.05) is 25.1 Å². The molecule has 2 aromatic rings. The average molecular weight is 342 g/mol. The Kier molecular flexibility index (Phi) is 5.11. The molecule has 0 saturated carbocycles. The number of pyridine rings is 1. The lowest BCUT2D eigenvalue weighted by atomic mass is 10.1. The molecule has 7 nitrogen and oxygen atoms in total. The summed E-state index contributed by atoms with van der Waals surface area (Å²) in [5, 5.41) is 6.64. The molecule has 3 rings (SSSR count). The van der Waals surface area contributed by atoms with Gasteiger partial charge in [0.2, 0.25) is 11.7 Å². The van der Waals surface area contributed by atoms with Gasteiger partial charge in [-0.05, 0) is 31.4 Å². The van der Waals surface area contributed by atoms with Crippen LogP contribution in [0, 0.1) is 0 Å². The molecule has 1 saturated heterocycles. The summed E-state index contributed by atoms with van der Waals surface area (Å²) in [5.41, 5.74) is 2.39. The molecule has 3 heterocycles. The van der Waals surface area contributed by atoms with Crippen molar-refractivity contribution in [3.63, 3.8) is 0 Å². The molecule has 1 fully saturated rings. The second-order valence-corrected chi connectivity index (χ2v) is 6.16. The van der Waals surface area contributed by atoms with E-state index in [9.17, 15) is 9.59 Å². The van der Waals surface area contributed by atoms with Crippen molar-refractivity contribution in [3.05, 3.63) is 47.1 Å². The number of amides is 2. The van der Waals surface area contributed by atoms with Gasteiger partial charge < -0.3 is 14.7 Å². The smallest absolute Gasteiger partial charge is 0.293 e. The predicted octanol–water partition coefficient (Wildman–Crippen LogP) is 2.25. The summed E-state index contributed by atoms with van der Waals surface area (Å²) < 4.78 is 5.19. The molecule has 0 radical (unpaired) electrons. The molecule has 1 aliphatic rings. The number of aryl methyl sites for hydroxylation is 1. The van der Waals surface area contributed by atoms with Gasteiger partial charge in [0.1, 0.15) is 0 Å². The highest BCUT2D eigenvalue weighted by Crippen LogP contribution is 2.32. The van der Waals surface area contributed by atoms with E-state index in [2.05, 4.69) is 15.5 Å². The van der Waals surface area contributed by atoms with Gasteiger partial charge in [-0.25, -0.2) is 0 Å². The maximum absolute atomic E-state index is 12.8. The van der Waals surface area contributed by atoms with Crippen molar-refractivity contribution in [1.29, 1.82) is 0 Å². The van der Waals surface area contributed by atoms with Gasteiger partial charge in [0.25, 0.3) is 5.91 Å². The SMILES string of the molecule is CCc1cc(C(=O)N2CCCC2c2cccc(CNC(C)=O)n2)on1. The van der Waals surface area contributed by atoms with E-state index in [1.54, 1.807) is 11.0 Å². The standard InChI is InChI=1S/C18H22N4O3/c1-3-13-10-17(25-21-13)18(24)22-9-5-8-16(22)15-7-4-6-14(20-15)11-19-12(2)23/h4,6-7,10,16H,3,5,8-9,11H2,1-2H3,(H,19,23). The number of aromatic nitrogens is 2. The number of hydrogen-bond donors (Lipinski definition) is 1. The second-order valence-electron chi connectivity index (χ2n) is 6.16. The molecule has 0 aliphatic carbocycles. The van der Waals surface area contributed by atoms with Gasteiger partial charge in [0.05, 0.1) is 29.7 Å². The zero-order valence-electron chi connectivity index (χ0n) is 14.5. The molecule has 2 aromatic heterocycles. The van der Waals surface area contributed by atoms with Gasteiger partial charge in [-0.1, -0.05) is 18.1 Å². The summed E-state index contributed by atoms with van der Waals surface area (Å²) in [6.07, 6.45) is 2.51. The first-order valence-electron chi connectivity index (χ1n) is 8.55. The number of hydrogen-bond acceptors (Lipinski definition) is 5. The Morgan fingerprint density at radius 1 is 1.36 bits per heavy atom. The number of carbonyl (C=O) groups is 2. The lowest BCUT2D eigenvalue weighted by Gasteiger charge is -2.23. The fourth-order valence-electron chi connectivity index (χ4n) is 3.04. The van der Waals surface area contributed by atoms with Gasteiger partial charge in [0, 0.05) is 19.5 Å². The van der Waals surface area contributed by atoms with Crippen molar-refractivity contribution in [2.75, 3.05) is 6.54 Å². The van der Waals surface area contributed by atoms with Crippen LogP contribution in [0.1, 0.15) is 60.4 Å². The summed E-state index contributed by atoms with van der Waals surface area (Å²) in [4.78, 5) is 30.3. The van der Waals surface area contributed by atoms with Crippen molar-refractivity contribution in [1.82, 2.24) is 20.4 Å². The molecule has 1 N–H and O–H groups in total. The zero-order chi connectivity index (χ0) is 17.8. The third-order valence-corrected chi connectivity index (χ3v) is 4.33. The predicted molar refractivity (Wildman–Crippen MR) is 90.7 cm³/mol. The number of nitrogens with zero attached hydrogens (tertiary/aromatic N) is 3. The van der Waals surface area contributed by atoms with Crippen LogP contribution in [0.25, 0.3) is 0 Å². The van der Waals surface area contributed by atoms with Crippen LogP contribution >= 0.6 is 0 Å². The van der Waals surface area contributed by atoms with Gasteiger partial charge in [-0.3, -0.25) is 14.6 Å². The minimum atomic E-state index is -0.149. The fourth-order valence-corrected chi connectivity index (χ4v) is 3.04. The zero-order valence-corrected chi connectivity index (χ0v) is 14.5. The van der Waals surface area contributed by atoms with E-state index in [0.717, 1.165) is 36.3 Å². The van der Waals surface area contributed by atoms with Crippen LogP contribution in [0.15, 0.2) is 28.8 Å². The van der Waals surface area contributed by atoms with Gasteiger partial charge in [-0.15, -0.1) is 0 Å². The van der Waals surface area contributed by atoms with E-state index in [0.29, 0.717) is 13.1 Å². The van der Waals surface area contributed by atoms with E-state index >= 15 is 0 Å². The fraction of sp³-hybridized carbons (Fsp3) is 0.444. The highest BCUT2D eigenvalue weighted by Gasteiger charge is 2.33.